The Hall–Kier alpha value is -4.19. The first-order valence-electron chi connectivity index (χ1n) is 19.3. The summed E-state index contributed by atoms with van der Waals surface area (Å²) < 4.78 is 32.4. The van der Waals surface area contributed by atoms with Gasteiger partial charge in [-0.3, -0.25) is 9.59 Å². The molecule has 1 fully saturated rings. The van der Waals surface area contributed by atoms with Crippen LogP contribution in [0.3, 0.4) is 0 Å². The molecular weight excluding hydrogens is 689 g/mol. The Morgan fingerprint density at radius 3 is 2.15 bits per heavy atom. The summed E-state index contributed by atoms with van der Waals surface area (Å²) in [6.07, 6.45) is 12.1. The monoisotopic (exact) mass is 748 g/mol. The summed E-state index contributed by atoms with van der Waals surface area (Å²) >= 11 is 0. The fourth-order valence-corrected chi connectivity index (χ4v) is 7.91. The lowest BCUT2D eigenvalue weighted by molar-refractivity contribution is -0.132. The third kappa shape index (κ3) is 11.9. The third-order valence-corrected chi connectivity index (χ3v) is 12.1. The predicted octanol–water partition coefficient (Wildman–Crippen LogP) is 8.51. The number of benzene rings is 2. The fourth-order valence-electron chi connectivity index (χ4n) is 6.71. The van der Waals surface area contributed by atoms with E-state index < -0.39 is 15.1 Å². The Morgan fingerprint density at radius 2 is 1.51 bits per heavy atom. The molecule has 0 aliphatic carbocycles. The van der Waals surface area contributed by atoms with Crippen molar-refractivity contribution >= 4 is 44.8 Å². The van der Waals surface area contributed by atoms with Gasteiger partial charge in [-0.25, -0.2) is 13.4 Å². The molecule has 1 aromatic heterocycles. The topological polar surface area (TPSA) is 143 Å². The minimum Gasteiger partial charge on any atom is -0.489 e. The Morgan fingerprint density at radius 1 is 0.868 bits per heavy atom. The van der Waals surface area contributed by atoms with Gasteiger partial charge in [-0.1, -0.05) is 44.2 Å². The quantitative estimate of drug-likeness (QED) is 0.103. The normalized spacial score (nSPS) is 13.7. The molecule has 53 heavy (non-hydrogen) atoms. The van der Waals surface area contributed by atoms with E-state index in [2.05, 4.69) is 40.0 Å². The molecule has 290 valence electrons. The van der Waals surface area contributed by atoms with Gasteiger partial charge in [-0.2, -0.15) is 4.98 Å². The molecule has 12 heteroatoms. The van der Waals surface area contributed by atoms with E-state index in [1.165, 1.54) is 5.56 Å². The summed E-state index contributed by atoms with van der Waals surface area (Å²) in [5.41, 5.74) is 4.33. The highest BCUT2D eigenvalue weighted by atomic mass is 32.2. The molecule has 3 aromatic rings. The number of ether oxygens (including phenoxy) is 1. The van der Waals surface area contributed by atoms with Crippen molar-refractivity contribution in [3.05, 3.63) is 59.3 Å². The second-order valence-electron chi connectivity index (χ2n) is 14.7. The number of hydrogen-bond donors (Lipinski definition) is 3. The fraction of sp³-hybridized carbons (Fsp3) is 0.561. The molecule has 11 nitrogen and oxygen atoms in total. The maximum Gasteiger partial charge on any atom is 0.229 e. The lowest BCUT2D eigenvalue weighted by atomic mass is 9.86. The molecule has 2 heterocycles. The molecule has 2 amide bonds. The van der Waals surface area contributed by atoms with Crippen molar-refractivity contribution in [3.63, 3.8) is 0 Å². The minimum atomic E-state index is -3.52. The predicted molar refractivity (Wildman–Crippen MR) is 213 cm³/mol. The zero-order valence-electron chi connectivity index (χ0n) is 32.8. The summed E-state index contributed by atoms with van der Waals surface area (Å²) in [6, 6.07) is 11.1. The maximum absolute atomic E-state index is 13.1. The average Bonchev–Trinajstić information content (AvgIpc) is 3.13. The van der Waals surface area contributed by atoms with Gasteiger partial charge < -0.3 is 25.6 Å². The first kappa shape index (κ1) is 41.6. The number of nitrogens with one attached hydrogen (secondary N) is 3. The van der Waals surface area contributed by atoms with Crippen LogP contribution in [0.1, 0.15) is 121 Å². The van der Waals surface area contributed by atoms with Crippen LogP contribution < -0.4 is 20.7 Å². The summed E-state index contributed by atoms with van der Waals surface area (Å²) in [4.78, 5) is 35.9. The first-order valence-corrected chi connectivity index (χ1v) is 20.8. The number of carbonyl (C=O) groups excluding carboxylic acids is 2. The zero-order chi connectivity index (χ0) is 38.5. The Kier molecular flexibility index (Phi) is 15.5. The highest BCUT2D eigenvalue weighted by molar-refractivity contribution is 7.92. The van der Waals surface area contributed by atoms with Crippen LogP contribution >= 0.6 is 0 Å². The Balaban J connectivity index is 1.36. The number of anilines is 4. The number of unbranched alkanes of at least 4 members (excludes halogenated alkanes) is 6. The highest BCUT2D eigenvalue weighted by Gasteiger charge is 2.26. The number of amides is 2. The van der Waals surface area contributed by atoms with Crippen LogP contribution in [0.2, 0.25) is 0 Å². The molecule has 0 atom stereocenters. The molecular formula is C41H60N6O5S. The van der Waals surface area contributed by atoms with Crippen molar-refractivity contribution in [3.8, 4) is 5.75 Å². The van der Waals surface area contributed by atoms with Crippen molar-refractivity contribution in [2.24, 2.45) is 0 Å². The minimum absolute atomic E-state index is 0.0600. The maximum atomic E-state index is 13.1. The van der Waals surface area contributed by atoms with Crippen molar-refractivity contribution in [1.29, 1.82) is 0 Å². The van der Waals surface area contributed by atoms with Gasteiger partial charge in [0.25, 0.3) is 0 Å². The second kappa shape index (κ2) is 19.8. The van der Waals surface area contributed by atoms with Crippen molar-refractivity contribution in [2.75, 3.05) is 30.8 Å². The van der Waals surface area contributed by atoms with Crippen molar-refractivity contribution < 1.29 is 22.7 Å². The van der Waals surface area contributed by atoms with Gasteiger partial charge in [0.2, 0.25) is 17.8 Å². The molecule has 1 saturated heterocycles. The third-order valence-electron chi connectivity index (χ3n) is 9.88. The number of nitrogens with zero attached hydrogens (tertiary/aromatic N) is 3. The van der Waals surface area contributed by atoms with Crippen LogP contribution in [0.25, 0.3) is 0 Å². The summed E-state index contributed by atoms with van der Waals surface area (Å²) in [7, 11) is -1.84. The van der Waals surface area contributed by atoms with Crippen LogP contribution in [0, 0.1) is 13.8 Å². The van der Waals surface area contributed by atoms with Gasteiger partial charge in [-0.15, -0.1) is 0 Å². The number of rotatable bonds is 19. The first-order chi connectivity index (χ1) is 25.3. The van der Waals surface area contributed by atoms with Crippen molar-refractivity contribution in [1.82, 2.24) is 20.2 Å². The molecule has 4 rings (SSSR count). The molecule has 2 aromatic carbocycles. The van der Waals surface area contributed by atoms with Crippen LogP contribution in [-0.4, -0.2) is 66.6 Å². The van der Waals surface area contributed by atoms with Crippen LogP contribution in [0.5, 0.6) is 5.75 Å². The summed E-state index contributed by atoms with van der Waals surface area (Å²) in [5.74, 6) is 2.25. The molecule has 1 aliphatic heterocycles. The van der Waals surface area contributed by atoms with Gasteiger partial charge in [0.1, 0.15) is 11.6 Å². The van der Waals surface area contributed by atoms with Gasteiger partial charge >= 0.3 is 0 Å². The Labute approximate surface area is 317 Å². The molecule has 0 radical (unpaired) electrons. The Bertz CT molecular complexity index is 1790. The summed E-state index contributed by atoms with van der Waals surface area (Å²) in [5, 5.41) is 8.70. The summed E-state index contributed by atoms with van der Waals surface area (Å²) in [6.45, 7) is 12.8. The number of aromatic nitrogens is 2. The van der Waals surface area contributed by atoms with E-state index in [1.54, 1.807) is 51.4 Å². The zero-order valence-corrected chi connectivity index (χ0v) is 33.6. The molecule has 0 bridgehead atoms. The van der Waals surface area contributed by atoms with Gasteiger partial charge in [-0.05, 0) is 109 Å². The molecule has 0 spiro atoms. The molecule has 3 N–H and O–H groups in total. The molecule has 0 saturated carbocycles. The van der Waals surface area contributed by atoms with E-state index in [0.717, 1.165) is 87.7 Å². The second-order valence-corrected chi connectivity index (χ2v) is 17.2. The van der Waals surface area contributed by atoms with Crippen LogP contribution in [0.15, 0.2) is 47.5 Å². The van der Waals surface area contributed by atoms with E-state index in [0.29, 0.717) is 42.0 Å². The highest BCUT2D eigenvalue weighted by Crippen LogP contribution is 2.38. The molecule has 0 unspecified atom stereocenters. The molecule has 1 aliphatic rings. The van der Waals surface area contributed by atoms with Gasteiger partial charge in [0.05, 0.1) is 27.6 Å². The van der Waals surface area contributed by atoms with Gasteiger partial charge in [0, 0.05) is 44.7 Å². The number of sulfone groups is 1. The number of piperidine rings is 1. The van der Waals surface area contributed by atoms with E-state index in [4.69, 9.17) is 9.72 Å². The lowest BCUT2D eigenvalue weighted by Gasteiger charge is -2.33. The van der Waals surface area contributed by atoms with Crippen molar-refractivity contribution in [2.45, 2.75) is 134 Å². The van der Waals surface area contributed by atoms with E-state index in [-0.39, 0.29) is 22.8 Å². The number of hydrogen-bond acceptors (Lipinski definition) is 9. The van der Waals surface area contributed by atoms with E-state index in [1.807, 2.05) is 25.7 Å². The lowest BCUT2D eigenvalue weighted by Crippen LogP contribution is -2.37. The number of aryl methyl sites for hydroxylation is 2. The SMILES string of the molecule is CNC(=O)CCCCCCCCCC(=O)N1CCC(c2cc(OC(C)C)c(Nc3ncc(C)c(Nc4ccccc4S(=O)(=O)C(C)C)n3)cc2C)CC1. The largest absolute Gasteiger partial charge is 0.489 e. The van der Waals surface area contributed by atoms with Crippen LogP contribution in [0.4, 0.5) is 23.1 Å². The van der Waals surface area contributed by atoms with Crippen LogP contribution in [-0.2, 0) is 19.4 Å². The number of para-hydroxylation sites is 1. The standard InChI is InChI=1S/C41H60N6O5S/c1-28(2)52-36-26-33(32-21-23-47(24-22-32)39(49)20-14-12-10-8-9-11-13-19-38(48)42-7)30(5)25-35(36)45-41-43-27-31(6)40(46-41)44-34-17-15-16-18-37(34)53(50,51)29(3)4/h15-18,25-29,32H,8-14,19-24H2,1-7H3,(H,42,48)(H2,43,44,45,46). The van der Waals surface area contributed by atoms with Gasteiger partial charge in [0.15, 0.2) is 9.84 Å². The smallest absolute Gasteiger partial charge is 0.229 e. The average molecular weight is 749 g/mol. The number of carbonyl (C=O) groups is 2. The number of likely N-dealkylation sites (tertiary alicyclic amines) is 1. The van der Waals surface area contributed by atoms with E-state index in [9.17, 15) is 18.0 Å². The van der Waals surface area contributed by atoms with E-state index >= 15 is 0 Å².